The second kappa shape index (κ2) is 12.0. The van der Waals surface area contributed by atoms with E-state index >= 15 is 0 Å². The number of thiazole rings is 1. The van der Waals surface area contributed by atoms with E-state index in [2.05, 4.69) is 0 Å². The number of carbonyl (C=O) groups is 1. The van der Waals surface area contributed by atoms with Crippen LogP contribution in [-0.2, 0) is 17.9 Å². The van der Waals surface area contributed by atoms with Crippen LogP contribution in [0.5, 0.6) is 11.5 Å². The van der Waals surface area contributed by atoms with E-state index in [0.29, 0.717) is 33.7 Å². The zero-order valence-corrected chi connectivity index (χ0v) is 24.2. The van der Waals surface area contributed by atoms with Crippen LogP contribution in [-0.4, -0.2) is 46.3 Å². The van der Waals surface area contributed by atoms with Gasteiger partial charge in [-0.1, -0.05) is 72.0 Å². The highest BCUT2D eigenvalue weighted by Crippen LogP contribution is 2.36. The van der Waals surface area contributed by atoms with Crippen molar-refractivity contribution in [2.45, 2.75) is 32.0 Å². The highest BCUT2D eigenvalue weighted by atomic mass is 32.1. The average molecular weight is 583 g/mol. The van der Waals surface area contributed by atoms with Crippen LogP contribution >= 0.6 is 11.3 Å². The number of fused-ring (bicyclic) bond motifs is 1. The minimum absolute atomic E-state index is 0.199. The van der Waals surface area contributed by atoms with Crippen LogP contribution in [0.4, 0.5) is 4.79 Å². The van der Waals surface area contributed by atoms with E-state index in [-0.39, 0.29) is 36.4 Å². The Morgan fingerprint density at radius 3 is 2.48 bits per heavy atom. The molecule has 0 N–H and O–H groups in total. The highest BCUT2D eigenvalue weighted by molar-refractivity contribution is 7.18. The van der Waals surface area contributed by atoms with Crippen LogP contribution < -0.4 is 15.0 Å². The van der Waals surface area contributed by atoms with E-state index in [1.165, 1.54) is 11.3 Å². The highest BCUT2D eigenvalue weighted by Gasteiger charge is 2.34. The standard InChI is InChI=1S/C32H30N4O5S/c1-39-24-16-15-23(26(18-24)40-2)19-36-28(22-12-7-4-8-13-22)34-30-27(31(36)37)33-29(42-30)25-14-9-17-35(25)32(38)41-20-21-10-5-3-6-11-21/h3-8,10-13,15-16,18,25H,9,14,17,19-20H2,1-2H3. The Morgan fingerprint density at radius 1 is 0.976 bits per heavy atom. The maximum Gasteiger partial charge on any atom is 0.410 e. The molecule has 1 amide bonds. The molecule has 214 valence electrons. The van der Waals surface area contributed by atoms with Crippen molar-refractivity contribution in [2.75, 3.05) is 20.8 Å². The summed E-state index contributed by atoms with van der Waals surface area (Å²) in [6, 6.07) is 24.4. The van der Waals surface area contributed by atoms with Gasteiger partial charge in [0.2, 0.25) is 0 Å². The summed E-state index contributed by atoms with van der Waals surface area (Å²) in [7, 11) is 3.18. The van der Waals surface area contributed by atoms with Crippen LogP contribution in [0.2, 0.25) is 0 Å². The molecular weight excluding hydrogens is 552 g/mol. The summed E-state index contributed by atoms with van der Waals surface area (Å²) in [6.45, 7) is 0.996. The minimum atomic E-state index is -0.387. The number of hydrogen-bond donors (Lipinski definition) is 0. The predicted molar refractivity (Wildman–Crippen MR) is 161 cm³/mol. The Bertz CT molecular complexity index is 1770. The van der Waals surface area contributed by atoms with Gasteiger partial charge in [-0.05, 0) is 30.5 Å². The topological polar surface area (TPSA) is 95.8 Å². The first kappa shape index (κ1) is 27.5. The van der Waals surface area contributed by atoms with Crippen LogP contribution in [0, 0.1) is 0 Å². The molecule has 1 atom stereocenters. The van der Waals surface area contributed by atoms with Crippen molar-refractivity contribution in [1.29, 1.82) is 0 Å². The molecule has 0 saturated carbocycles. The molecular formula is C32H30N4O5S. The van der Waals surface area contributed by atoms with Gasteiger partial charge >= 0.3 is 6.09 Å². The third-order valence-electron chi connectivity index (χ3n) is 7.37. The van der Waals surface area contributed by atoms with Crippen LogP contribution in [0.15, 0.2) is 83.7 Å². The second-order valence-corrected chi connectivity index (χ2v) is 11.0. The largest absolute Gasteiger partial charge is 0.497 e. The zero-order chi connectivity index (χ0) is 29.1. The molecule has 6 rings (SSSR count). The molecule has 0 aliphatic carbocycles. The average Bonchev–Trinajstić information content (AvgIpc) is 3.70. The first-order valence-corrected chi connectivity index (χ1v) is 14.5. The minimum Gasteiger partial charge on any atom is -0.497 e. The molecule has 1 saturated heterocycles. The van der Waals surface area contributed by atoms with Crippen molar-refractivity contribution in [3.05, 3.63) is 105 Å². The molecule has 1 unspecified atom stereocenters. The lowest BCUT2D eigenvalue weighted by atomic mass is 10.1. The quantitative estimate of drug-likeness (QED) is 0.219. The molecule has 0 bridgehead atoms. The number of rotatable bonds is 8. The number of amides is 1. The monoisotopic (exact) mass is 582 g/mol. The molecule has 3 aromatic carbocycles. The van der Waals surface area contributed by atoms with Crippen molar-refractivity contribution in [2.24, 2.45) is 0 Å². The van der Waals surface area contributed by atoms with Crippen LogP contribution in [0.3, 0.4) is 0 Å². The van der Waals surface area contributed by atoms with Gasteiger partial charge in [-0.3, -0.25) is 14.3 Å². The van der Waals surface area contributed by atoms with Gasteiger partial charge in [0, 0.05) is 23.7 Å². The molecule has 2 aromatic heterocycles. The fraction of sp³-hybridized carbons (Fsp3) is 0.250. The second-order valence-electron chi connectivity index (χ2n) is 9.97. The maximum atomic E-state index is 14.0. The van der Waals surface area contributed by atoms with Crippen molar-refractivity contribution in [3.63, 3.8) is 0 Å². The Morgan fingerprint density at radius 2 is 1.74 bits per heavy atom. The van der Waals surface area contributed by atoms with Gasteiger partial charge in [-0.2, -0.15) is 0 Å². The number of likely N-dealkylation sites (tertiary alicyclic amines) is 1. The van der Waals surface area contributed by atoms with Gasteiger partial charge in [0.05, 0.1) is 26.8 Å². The lowest BCUT2D eigenvalue weighted by Gasteiger charge is -2.22. The molecule has 1 aliphatic heterocycles. The Balaban J connectivity index is 1.36. The van der Waals surface area contributed by atoms with E-state index in [1.54, 1.807) is 29.8 Å². The fourth-order valence-corrected chi connectivity index (χ4v) is 6.30. The summed E-state index contributed by atoms with van der Waals surface area (Å²) in [6.07, 6.45) is 1.18. The summed E-state index contributed by atoms with van der Waals surface area (Å²) in [5.41, 5.74) is 2.57. The van der Waals surface area contributed by atoms with Crippen LogP contribution in [0.1, 0.15) is 35.0 Å². The third-order valence-corrected chi connectivity index (χ3v) is 8.42. The van der Waals surface area contributed by atoms with Crippen molar-refractivity contribution in [3.8, 4) is 22.9 Å². The lowest BCUT2D eigenvalue weighted by Crippen LogP contribution is -2.31. The summed E-state index contributed by atoms with van der Waals surface area (Å²) in [5, 5.41) is 0.683. The summed E-state index contributed by atoms with van der Waals surface area (Å²) in [5.74, 6) is 1.80. The predicted octanol–water partition coefficient (Wildman–Crippen LogP) is 6.06. The summed E-state index contributed by atoms with van der Waals surface area (Å²) in [4.78, 5) is 39.1. The molecule has 10 heteroatoms. The van der Waals surface area contributed by atoms with Crippen molar-refractivity contribution < 1.29 is 19.0 Å². The summed E-state index contributed by atoms with van der Waals surface area (Å²) < 4.78 is 18.2. The Hall–Kier alpha value is -4.70. The van der Waals surface area contributed by atoms with Gasteiger partial charge in [-0.25, -0.2) is 14.8 Å². The molecule has 0 radical (unpaired) electrons. The number of carbonyl (C=O) groups excluding carboxylic acids is 1. The smallest absolute Gasteiger partial charge is 0.410 e. The van der Waals surface area contributed by atoms with Gasteiger partial charge < -0.3 is 14.2 Å². The van der Waals surface area contributed by atoms with E-state index in [1.807, 2.05) is 72.8 Å². The van der Waals surface area contributed by atoms with Crippen molar-refractivity contribution >= 4 is 27.8 Å². The molecule has 42 heavy (non-hydrogen) atoms. The summed E-state index contributed by atoms with van der Waals surface area (Å²) >= 11 is 1.35. The number of hydrogen-bond acceptors (Lipinski definition) is 8. The number of nitrogens with zero attached hydrogens (tertiary/aromatic N) is 4. The molecule has 1 aliphatic rings. The first-order chi connectivity index (χ1) is 20.6. The molecule has 0 spiro atoms. The first-order valence-electron chi connectivity index (χ1n) is 13.7. The number of aromatic nitrogens is 3. The molecule has 9 nitrogen and oxygen atoms in total. The lowest BCUT2D eigenvalue weighted by molar-refractivity contribution is 0.0920. The van der Waals surface area contributed by atoms with E-state index in [0.717, 1.165) is 29.5 Å². The number of benzene rings is 3. The van der Waals surface area contributed by atoms with Gasteiger partial charge in [0.15, 0.2) is 10.3 Å². The SMILES string of the molecule is COc1ccc(Cn2c(-c3ccccc3)nc3sc(C4CCCN4C(=O)OCc4ccccc4)nc3c2=O)c(OC)c1. The zero-order valence-electron chi connectivity index (χ0n) is 23.4. The van der Waals surface area contributed by atoms with E-state index < -0.39 is 0 Å². The molecule has 1 fully saturated rings. The van der Waals surface area contributed by atoms with Gasteiger partial charge in [-0.15, -0.1) is 0 Å². The van der Waals surface area contributed by atoms with E-state index in [9.17, 15) is 9.59 Å². The fourth-order valence-electron chi connectivity index (χ4n) is 5.22. The molecule has 5 aromatic rings. The maximum absolute atomic E-state index is 14.0. The third kappa shape index (κ3) is 5.45. The van der Waals surface area contributed by atoms with Gasteiger partial charge in [0.25, 0.3) is 5.56 Å². The van der Waals surface area contributed by atoms with Crippen LogP contribution in [0.25, 0.3) is 21.7 Å². The van der Waals surface area contributed by atoms with Crippen molar-refractivity contribution in [1.82, 2.24) is 19.4 Å². The van der Waals surface area contributed by atoms with E-state index in [4.69, 9.17) is 24.2 Å². The Kier molecular flexibility index (Phi) is 7.87. The van der Waals surface area contributed by atoms with Gasteiger partial charge in [0.1, 0.15) is 28.9 Å². The number of ether oxygens (including phenoxy) is 3. The Labute approximate surface area is 246 Å². The number of methoxy groups -OCH3 is 2. The normalized spacial score (nSPS) is 14.7. The molecule has 3 heterocycles.